The molecule has 7 heteroatoms. The van der Waals surface area contributed by atoms with E-state index in [1.807, 2.05) is 0 Å². The van der Waals surface area contributed by atoms with Crippen molar-refractivity contribution in [1.82, 2.24) is 0 Å². The monoisotopic (exact) mass is 200 g/mol. The van der Waals surface area contributed by atoms with Gasteiger partial charge in [0.2, 0.25) is 0 Å². The van der Waals surface area contributed by atoms with Crippen LogP contribution in [0.2, 0.25) is 0 Å². The van der Waals surface area contributed by atoms with Crippen LogP contribution >= 0.6 is 7.82 Å². The third kappa shape index (κ3) is 5.65. The minimum atomic E-state index is -4.54. The Morgan fingerprint density at radius 3 is 2.17 bits per heavy atom. The van der Waals surface area contributed by atoms with Crippen molar-refractivity contribution in [3.8, 4) is 0 Å². The first-order chi connectivity index (χ1) is 5.37. The number of phosphoric ester groups is 1. The highest BCUT2D eigenvalue weighted by atomic mass is 31.2. The van der Waals surface area contributed by atoms with E-state index in [1.54, 1.807) is 6.92 Å². The van der Waals surface area contributed by atoms with Gasteiger partial charge in [-0.1, -0.05) is 6.92 Å². The molecule has 0 unspecified atom stereocenters. The maximum atomic E-state index is 10.1. The molecule has 0 radical (unpaired) electrons. The summed E-state index contributed by atoms with van der Waals surface area (Å²) >= 11 is 0. The van der Waals surface area contributed by atoms with Gasteiger partial charge in [0.25, 0.3) is 0 Å². The number of hydrogen-bond donors (Lipinski definition) is 4. The van der Waals surface area contributed by atoms with Crippen molar-refractivity contribution < 1.29 is 29.1 Å². The Kier molecular flexibility index (Phi) is 4.92. The Hall–Kier alpha value is 0.0300. The number of rotatable bonds is 5. The van der Waals surface area contributed by atoms with Gasteiger partial charge < -0.3 is 20.0 Å². The second-order valence-electron chi connectivity index (χ2n) is 2.33. The zero-order chi connectivity index (χ0) is 9.78. The summed E-state index contributed by atoms with van der Waals surface area (Å²) in [5.74, 6) is 0. The fraction of sp³-hybridized carbons (Fsp3) is 1.00. The lowest BCUT2D eigenvalue weighted by molar-refractivity contribution is -0.0149. The third-order valence-corrected chi connectivity index (χ3v) is 1.76. The summed E-state index contributed by atoms with van der Waals surface area (Å²) in [7, 11) is -4.54. The largest absolute Gasteiger partial charge is 0.469 e. The quantitative estimate of drug-likeness (QED) is 0.434. The number of hydrogen-bond acceptors (Lipinski definition) is 4. The average Bonchev–Trinajstić information content (AvgIpc) is 1.97. The van der Waals surface area contributed by atoms with Gasteiger partial charge in [0.1, 0.15) is 6.10 Å². The highest BCUT2D eigenvalue weighted by molar-refractivity contribution is 7.46. The molecule has 0 amide bonds. The van der Waals surface area contributed by atoms with Crippen LogP contribution in [0.1, 0.15) is 13.3 Å². The molecule has 6 nitrogen and oxygen atoms in total. The van der Waals surface area contributed by atoms with E-state index in [1.165, 1.54) is 0 Å². The molecule has 0 aliphatic carbocycles. The lowest BCUT2D eigenvalue weighted by Crippen LogP contribution is -2.29. The summed E-state index contributed by atoms with van der Waals surface area (Å²) < 4.78 is 14.1. The molecule has 0 aliphatic heterocycles. The molecule has 0 bridgehead atoms. The number of aliphatic hydroxyl groups is 2. The number of aliphatic hydroxyl groups excluding tert-OH is 2. The van der Waals surface area contributed by atoms with Crippen LogP contribution in [0.4, 0.5) is 0 Å². The summed E-state index contributed by atoms with van der Waals surface area (Å²) in [6.07, 6.45) is -1.98. The van der Waals surface area contributed by atoms with Crippen LogP contribution in [0.15, 0.2) is 0 Å². The Balaban J connectivity index is 3.71. The molecule has 0 saturated carbocycles. The minimum Gasteiger partial charge on any atom is -0.390 e. The zero-order valence-electron chi connectivity index (χ0n) is 6.62. The molecule has 0 saturated heterocycles. The van der Waals surface area contributed by atoms with Crippen LogP contribution in [-0.4, -0.2) is 38.8 Å². The average molecular weight is 200 g/mol. The van der Waals surface area contributed by atoms with Crippen LogP contribution in [-0.2, 0) is 9.09 Å². The summed E-state index contributed by atoms with van der Waals surface area (Å²) in [4.78, 5) is 16.4. The first-order valence-electron chi connectivity index (χ1n) is 3.43. The first-order valence-corrected chi connectivity index (χ1v) is 4.96. The lowest BCUT2D eigenvalue weighted by Gasteiger charge is -2.15. The van der Waals surface area contributed by atoms with E-state index in [-0.39, 0.29) is 0 Å². The molecule has 0 aliphatic rings. The van der Waals surface area contributed by atoms with Crippen molar-refractivity contribution in [1.29, 1.82) is 0 Å². The fourth-order valence-corrected chi connectivity index (χ4v) is 0.904. The maximum Gasteiger partial charge on any atom is 0.469 e. The summed E-state index contributed by atoms with van der Waals surface area (Å²) in [5, 5.41) is 17.9. The molecule has 0 fully saturated rings. The van der Waals surface area contributed by atoms with Gasteiger partial charge in [0, 0.05) is 0 Å². The molecule has 74 valence electrons. The van der Waals surface area contributed by atoms with E-state index < -0.39 is 26.6 Å². The van der Waals surface area contributed by atoms with E-state index in [9.17, 15) is 4.57 Å². The van der Waals surface area contributed by atoms with Gasteiger partial charge in [0.15, 0.2) is 0 Å². The van der Waals surface area contributed by atoms with Crippen molar-refractivity contribution in [2.45, 2.75) is 25.6 Å². The van der Waals surface area contributed by atoms with E-state index in [0.717, 1.165) is 0 Å². The van der Waals surface area contributed by atoms with Crippen molar-refractivity contribution in [2.75, 3.05) is 6.61 Å². The first kappa shape index (κ1) is 12.0. The minimum absolute atomic E-state index is 0.297. The summed E-state index contributed by atoms with van der Waals surface area (Å²) in [6.45, 7) is 1.06. The normalized spacial score (nSPS) is 17.4. The molecule has 2 atom stereocenters. The summed E-state index contributed by atoms with van der Waals surface area (Å²) in [6, 6.07) is 0. The zero-order valence-corrected chi connectivity index (χ0v) is 7.52. The van der Waals surface area contributed by atoms with Crippen LogP contribution in [0.5, 0.6) is 0 Å². The van der Waals surface area contributed by atoms with Gasteiger partial charge in [0.05, 0.1) is 12.7 Å². The van der Waals surface area contributed by atoms with Gasteiger partial charge in [-0.3, -0.25) is 4.52 Å². The molecule has 12 heavy (non-hydrogen) atoms. The van der Waals surface area contributed by atoms with Crippen molar-refractivity contribution >= 4 is 7.82 Å². The van der Waals surface area contributed by atoms with Crippen molar-refractivity contribution in [3.63, 3.8) is 0 Å². The van der Waals surface area contributed by atoms with Gasteiger partial charge in [-0.25, -0.2) is 4.57 Å². The van der Waals surface area contributed by atoms with E-state index >= 15 is 0 Å². The lowest BCUT2D eigenvalue weighted by atomic mass is 10.2. The molecule has 0 aromatic heterocycles. The molecule has 0 rings (SSSR count). The molecular weight excluding hydrogens is 187 g/mol. The molecule has 0 aromatic carbocycles. The predicted octanol–water partition coefficient (Wildman–Crippen LogP) is -0.773. The second kappa shape index (κ2) is 4.91. The van der Waals surface area contributed by atoms with Crippen LogP contribution < -0.4 is 0 Å². The Labute approximate surface area is 70.0 Å². The Morgan fingerprint density at radius 2 is 1.83 bits per heavy atom. The molecule has 0 aromatic rings. The van der Waals surface area contributed by atoms with Crippen LogP contribution in [0, 0.1) is 0 Å². The third-order valence-electron chi connectivity index (χ3n) is 1.28. The highest BCUT2D eigenvalue weighted by Gasteiger charge is 2.20. The van der Waals surface area contributed by atoms with E-state index in [0.29, 0.717) is 6.42 Å². The summed E-state index contributed by atoms with van der Waals surface area (Å²) in [5.41, 5.74) is 0. The molecular formula is C5H13O6P. The smallest absolute Gasteiger partial charge is 0.390 e. The van der Waals surface area contributed by atoms with Gasteiger partial charge in [-0.05, 0) is 6.42 Å². The van der Waals surface area contributed by atoms with Crippen molar-refractivity contribution in [3.05, 3.63) is 0 Å². The highest BCUT2D eigenvalue weighted by Crippen LogP contribution is 2.35. The SMILES string of the molecule is CC[C@H](O)[C@H](O)COP(=O)(O)O. The van der Waals surface area contributed by atoms with E-state index in [4.69, 9.17) is 20.0 Å². The van der Waals surface area contributed by atoms with Gasteiger partial charge in [-0.15, -0.1) is 0 Å². The van der Waals surface area contributed by atoms with Crippen molar-refractivity contribution in [2.24, 2.45) is 0 Å². The van der Waals surface area contributed by atoms with Crippen LogP contribution in [0.25, 0.3) is 0 Å². The molecule has 0 heterocycles. The predicted molar refractivity (Wildman–Crippen MR) is 40.3 cm³/mol. The standard InChI is InChI=1S/C5H13O6P/c1-2-4(6)5(7)3-11-12(8,9)10/h4-7H,2-3H2,1H3,(H2,8,9,10)/t4-,5+/m0/s1. The van der Waals surface area contributed by atoms with E-state index in [2.05, 4.69) is 4.52 Å². The van der Waals surface area contributed by atoms with Gasteiger partial charge in [-0.2, -0.15) is 0 Å². The number of phosphoric acid groups is 1. The molecule has 4 N–H and O–H groups in total. The second-order valence-corrected chi connectivity index (χ2v) is 3.57. The maximum absolute atomic E-state index is 10.1. The topological polar surface area (TPSA) is 107 Å². The fourth-order valence-electron chi connectivity index (χ4n) is 0.557. The van der Waals surface area contributed by atoms with Crippen LogP contribution in [0.3, 0.4) is 0 Å². The van der Waals surface area contributed by atoms with Gasteiger partial charge >= 0.3 is 7.82 Å². The Morgan fingerprint density at radius 1 is 1.33 bits per heavy atom. The molecule has 0 spiro atoms. The Bertz CT molecular complexity index is 165.